The highest BCUT2D eigenvalue weighted by Gasteiger charge is 2.30. The summed E-state index contributed by atoms with van der Waals surface area (Å²) in [7, 11) is 0. The zero-order valence-electron chi connectivity index (χ0n) is 25.2. The molecule has 3 N–H and O–H groups in total. The van der Waals surface area contributed by atoms with Gasteiger partial charge in [0.05, 0.1) is 21.9 Å². The Bertz CT molecular complexity index is 1730. The third kappa shape index (κ3) is 6.19. The lowest BCUT2D eigenvalue weighted by Crippen LogP contribution is -2.30. The smallest absolute Gasteiger partial charge is 0.270 e. The number of aromatic amines is 1. The Morgan fingerprint density at radius 2 is 1.64 bits per heavy atom. The van der Waals surface area contributed by atoms with E-state index in [-0.39, 0.29) is 11.6 Å². The molecular formula is C35H37N7O3. The number of nitro benzene ring substituents is 1. The van der Waals surface area contributed by atoms with Crippen LogP contribution >= 0.6 is 0 Å². The highest BCUT2D eigenvalue weighted by atomic mass is 16.6. The van der Waals surface area contributed by atoms with E-state index in [0.29, 0.717) is 22.5 Å². The summed E-state index contributed by atoms with van der Waals surface area (Å²) in [5.74, 6) is 0.604. The summed E-state index contributed by atoms with van der Waals surface area (Å²) in [6.07, 6.45) is 9.08. The van der Waals surface area contributed by atoms with Crippen LogP contribution in [0.1, 0.15) is 48.8 Å². The first-order valence-corrected chi connectivity index (χ1v) is 15.9. The number of fused-ring (bicyclic) bond motifs is 1. The van der Waals surface area contributed by atoms with Crippen LogP contribution < -0.4 is 15.5 Å². The third-order valence-electron chi connectivity index (χ3n) is 9.04. The van der Waals surface area contributed by atoms with Crippen molar-refractivity contribution in [3.8, 4) is 11.3 Å². The van der Waals surface area contributed by atoms with E-state index in [1.165, 1.54) is 49.8 Å². The fraction of sp³-hybridized carbons (Fsp3) is 0.314. The van der Waals surface area contributed by atoms with Gasteiger partial charge in [-0.25, -0.2) is 4.98 Å². The highest BCUT2D eigenvalue weighted by Crippen LogP contribution is 2.39. The number of carbonyl (C=O) groups is 1. The maximum atomic E-state index is 13.4. The molecule has 1 amide bonds. The van der Waals surface area contributed by atoms with Crippen LogP contribution in [0.25, 0.3) is 22.5 Å². The summed E-state index contributed by atoms with van der Waals surface area (Å²) >= 11 is 0. The van der Waals surface area contributed by atoms with E-state index in [4.69, 9.17) is 4.98 Å². The SMILES string of the molecule is O=C1Nc2ccc([N+](=O)[O-])cc2C1=C(Nc1ccc(-c2c[nH]c(N3CCCCC3)n2)cc1)c1ccc(CCN2CCCC2)cc1. The van der Waals surface area contributed by atoms with Crippen LogP contribution in [-0.4, -0.2) is 58.4 Å². The molecule has 230 valence electrons. The van der Waals surface area contributed by atoms with E-state index < -0.39 is 4.92 Å². The first-order chi connectivity index (χ1) is 22.0. The normalized spacial score (nSPS) is 17.7. The number of carbonyl (C=O) groups excluding carboxylic acids is 1. The number of piperidine rings is 1. The van der Waals surface area contributed by atoms with Crippen molar-refractivity contribution in [3.05, 3.63) is 99.7 Å². The molecule has 0 radical (unpaired) electrons. The number of hydrogen-bond acceptors (Lipinski definition) is 7. The fourth-order valence-electron chi connectivity index (χ4n) is 6.52. The number of hydrogen-bond donors (Lipinski definition) is 3. The van der Waals surface area contributed by atoms with Crippen LogP contribution in [0.15, 0.2) is 72.9 Å². The predicted molar refractivity (Wildman–Crippen MR) is 178 cm³/mol. The lowest BCUT2D eigenvalue weighted by atomic mass is 9.98. The fourth-order valence-corrected chi connectivity index (χ4v) is 6.52. The highest BCUT2D eigenvalue weighted by molar-refractivity contribution is 6.37. The second kappa shape index (κ2) is 12.6. The number of non-ortho nitro benzene ring substituents is 1. The van der Waals surface area contributed by atoms with E-state index in [9.17, 15) is 14.9 Å². The van der Waals surface area contributed by atoms with Gasteiger partial charge in [-0.2, -0.15) is 0 Å². The maximum Gasteiger partial charge on any atom is 0.270 e. The minimum absolute atomic E-state index is 0.0633. The summed E-state index contributed by atoms with van der Waals surface area (Å²) in [4.78, 5) is 37.5. The molecule has 0 aliphatic carbocycles. The Kier molecular flexibility index (Phi) is 8.04. The topological polar surface area (TPSA) is 119 Å². The van der Waals surface area contributed by atoms with Crippen LogP contribution in [0.4, 0.5) is 23.0 Å². The quantitative estimate of drug-likeness (QED) is 0.113. The van der Waals surface area contributed by atoms with Crippen LogP contribution in [-0.2, 0) is 11.2 Å². The van der Waals surface area contributed by atoms with Gasteiger partial charge in [0.2, 0.25) is 5.95 Å². The number of rotatable bonds is 9. The van der Waals surface area contributed by atoms with E-state index in [2.05, 4.69) is 37.6 Å². The van der Waals surface area contributed by atoms with Gasteiger partial charge >= 0.3 is 0 Å². The Hall–Kier alpha value is -4.96. The summed E-state index contributed by atoms with van der Waals surface area (Å²) in [5.41, 5.74) is 6.68. The van der Waals surface area contributed by atoms with Gasteiger partial charge in [0, 0.05) is 60.5 Å². The second-order valence-electron chi connectivity index (χ2n) is 12.0. The van der Waals surface area contributed by atoms with Gasteiger partial charge in [0.25, 0.3) is 11.6 Å². The predicted octanol–water partition coefficient (Wildman–Crippen LogP) is 6.55. The van der Waals surface area contributed by atoms with Gasteiger partial charge in [-0.3, -0.25) is 14.9 Å². The lowest BCUT2D eigenvalue weighted by molar-refractivity contribution is -0.384. The van der Waals surface area contributed by atoms with Crippen molar-refractivity contribution >= 4 is 40.2 Å². The molecule has 3 aliphatic heterocycles. The minimum atomic E-state index is -0.437. The van der Waals surface area contributed by atoms with Crippen LogP contribution in [0.3, 0.4) is 0 Å². The van der Waals surface area contributed by atoms with Crippen molar-refractivity contribution in [1.29, 1.82) is 0 Å². The molecule has 2 saturated heterocycles. The minimum Gasteiger partial charge on any atom is -0.354 e. The van der Waals surface area contributed by atoms with Crippen molar-refractivity contribution in [2.24, 2.45) is 0 Å². The number of likely N-dealkylation sites (tertiary alicyclic amines) is 1. The average molecular weight is 604 g/mol. The number of nitrogens with one attached hydrogen (secondary N) is 3. The summed E-state index contributed by atoms with van der Waals surface area (Å²) in [5, 5.41) is 18.0. The molecule has 3 aliphatic rings. The lowest BCUT2D eigenvalue weighted by Gasteiger charge is -2.25. The van der Waals surface area contributed by atoms with Gasteiger partial charge in [-0.05, 0) is 80.9 Å². The number of nitrogens with zero attached hydrogens (tertiary/aromatic N) is 4. The van der Waals surface area contributed by atoms with Gasteiger partial charge in [0.15, 0.2) is 0 Å². The molecule has 0 spiro atoms. The summed E-state index contributed by atoms with van der Waals surface area (Å²) < 4.78 is 0. The average Bonchev–Trinajstić information content (AvgIpc) is 3.84. The van der Waals surface area contributed by atoms with Crippen molar-refractivity contribution in [1.82, 2.24) is 14.9 Å². The zero-order valence-corrected chi connectivity index (χ0v) is 25.2. The van der Waals surface area contributed by atoms with Crippen LogP contribution in [0, 0.1) is 10.1 Å². The number of benzene rings is 3. The number of aromatic nitrogens is 2. The molecule has 4 heterocycles. The van der Waals surface area contributed by atoms with Crippen molar-refractivity contribution in [2.75, 3.05) is 48.3 Å². The third-order valence-corrected chi connectivity index (χ3v) is 9.04. The molecule has 1 aromatic heterocycles. The molecular weight excluding hydrogens is 566 g/mol. The molecule has 2 fully saturated rings. The molecule has 10 heteroatoms. The second-order valence-corrected chi connectivity index (χ2v) is 12.0. The first-order valence-electron chi connectivity index (χ1n) is 15.9. The van der Waals surface area contributed by atoms with Gasteiger partial charge in [-0.1, -0.05) is 36.4 Å². The summed E-state index contributed by atoms with van der Waals surface area (Å²) in [6.45, 7) is 5.40. The van der Waals surface area contributed by atoms with Crippen LogP contribution in [0.5, 0.6) is 0 Å². The molecule has 0 saturated carbocycles. The van der Waals surface area contributed by atoms with E-state index in [0.717, 1.165) is 67.6 Å². The number of nitro groups is 1. The van der Waals surface area contributed by atoms with E-state index in [1.54, 1.807) is 6.07 Å². The van der Waals surface area contributed by atoms with Crippen LogP contribution in [0.2, 0.25) is 0 Å². The van der Waals surface area contributed by atoms with Gasteiger partial charge < -0.3 is 25.4 Å². The Balaban J connectivity index is 1.19. The van der Waals surface area contributed by atoms with Crippen molar-refractivity contribution in [3.63, 3.8) is 0 Å². The maximum absolute atomic E-state index is 13.4. The van der Waals surface area contributed by atoms with Crippen molar-refractivity contribution < 1.29 is 9.72 Å². The molecule has 3 aromatic carbocycles. The Morgan fingerprint density at radius 3 is 2.38 bits per heavy atom. The van der Waals surface area contributed by atoms with E-state index in [1.807, 2.05) is 42.6 Å². The standard InChI is InChI=1S/C35H37N7O3/c43-34-32(29-22-28(42(44)45)14-15-30(29)38-34)33(26-8-6-24(7-9-26)16-21-40-17-4-5-18-40)37-27-12-10-25(11-13-27)31-23-36-35(39-31)41-19-2-1-3-20-41/h6-15,22-23,37H,1-5,16-21H2,(H,36,39)(H,38,43). The number of amides is 1. The van der Waals surface area contributed by atoms with E-state index >= 15 is 0 Å². The number of imidazole rings is 1. The molecule has 7 rings (SSSR count). The zero-order chi connectivity index (χ0) is 30.8. The Morgan fingerprint density at radius 1 is 0.911 bits per heavy atom. The molecule has 10 nitrogen and oxygen atoms in total. The monoisotopic (exact) mass is 603 g/mol. The molecule has 4 aromatic rings. The summed E-state index contributed by atoms with van der Waals surface area (Å²) in [6, 6.07) is 20.7. The largest absolute Gasteiger partial charge is 0.354 e. The number of anilines is 3. The van der Waals surface area contributed by atoms with Gasteiger partial charge in [-0.15, -0.1) is 0 Å². The van der Waals surface area contributed by atoms with Crippen molar-refractivity contribution in [2.45, 2.75) is 38.5 Å². The Labute approximate surface area is 262 Å². The molecule has 0 atom stereocenters. The first kappa shape index (κ1) is 28.8. The van der Waals surface area contributed by atoms with Gasteiger partial charge in [0.1, 0.15) is 0 Å². The molecule has 45 heavy (non-hydrogen) atoms. The molecule has 0 bridgehead atoms. The molecule has 0 unspecified atom stereocenters. The number of H-pyrrole nitrogens is 1.